The van der Waals surface area contributed by atoms with Gasteiger partial charge in [-0.1, -0.05) is 41.9 Å². The molecule has 1 aromatic heterocycles. The van der Waals surface area contributed by atoms with Crippen LogP contribution in [-0.2, 0) is 16.4 Å². The summed E-state index contributed by atoms with van der Waals surface area (Å²) >= 11 is 9.11. The molecule has 112 valence electrons. The summed E-state index contributed by atoms with van der Waals surface area (Å²) in [4.78, 5) is 3.87. The van der Waals surface area contributed by atoms with Crippen molar-refractivity contribution < 1.29 is 8.42 Å². The zero-order chi connectivity index (χ0) is 15.5. The Morgan fingerprint density at radius 1 is 1.29 bits per heavy atom. The lowest BCUT2D eigenvalue weighted by Gasteiger charge is -2.17. The fraction of sp³-hybridized carbons (Fsp3) is 0.214. The first-order chi connectivity index (χ1) is 9.91. The number of rotatable bonds is 5. The van der Waals surface area contributed by atoms with Gasteiger partial charge in [-0.2, -0.15) is 0 Å². The zero-order valence-electron chi connectivity index (χ0n) is 11.3. The molecule has 0 N–H and O–H groups in total. The molecular weight excluding hydrogens is 376 g/mol. The zero-order valence-corrected chi connectivity index (χ0v) is 14.5. The highest BCUT2D eigenvalue weighted by Crippen LogP contribution is 2.25. The second kappa shape index (κ2) is 6.87. The van der Waals surface area contributed by atoms with E-state index in [1.54, 1.807) is 0 Å². The van der Waals surface area contributed by atoms with Crippen LogP contribution in [-0.4, -0.2) is 31.3 Å². The van der Waals surface area contributed by atoms with Gasteiger partial charge in [-0.25, -0.2) is 17.7 Å². The lowest BCUT2D eigenvalue weighted by Crippen LogP contribution is -2.29. The van der Waals surface area contributed by atoms with Gasteiger partial charge >= 0.3 is 0 Å². The molecule has 7 heteroatoms. The standard InChI is InChI=1S/C14H14BrClN2O2S/c1-18(8-7-11-5-3-2-4-6-11)21(19,20)13-9-12(15)10-17-14(13)16/h2-6,9-10H,7-8H2,1H3. The van der Waals surface area contributed by atoms with E-state index in [0.717, 1.165) is 5.56 Å². The Balaban J connectivity index is 2.17. The summed E-state index contributed by atoms with van der Waals surface area (Å²) in [6, 6.07) is 11.2. The Kier molecular flexibility index (Phi) is 5.37. The van der Waals surface area contributed by atoms with Crippen molar-refractivity contribution in [2.24, 2.45) is 0 Å². The third-order valence-corrected chi connectivity index (χ3v) is 5.74. The molecule has 2 rings (SSSR count). The van der Waals surface area contributed by atoms with Gasteiger partial charge in [0.25, 0.3) is 0 Å². The van der Waals surface area contributed by atoms with Crippen molar-refractivity contribution in [2.45, 2.75) is 11.3 Å². The lowest BCUT2D eigenvalue weighted by atomic mass is 10.2. The van der Waals surface area contributed by atoms with Crippen molar-refractivity contribution in [1.82, 2.24) is 9.29 Å². The van der Waals surface area contributed by atoms with E-state index in [2.05, 4.69) is 20.9 Å². The Hall–Kier alpha value is -0.950. The van der Waals surface area contributed by atoms with Gasteiger partial charge in [-0.05, 0) is 34.0 Å². The number of hydrogen-bond acceptors (Lipinski definition) is 3. The summed E-state index contributed by atoms with van der Waals surface area (Å²) in [5.74, 6) is 0. The molecule has 1 heterocycles. The summed E-state index contributed by atoms with van der Waals surface area (Å²) in [5.41, 5.74) is 1.08. The Morgan fingerprint density at radius 2 is 1.95 bits per heavy atom. The van der Waals surface area contributed by atoms with Crippen LogP contribution in [0.25, 0.3) is 0 Å². The summed E-state index contributed by atoms with van der Waals surface area (Å²) in [7, 11) is -2.12. The topological polar surface area (TPSA) is 50.3 Å². The molecule has 2 aromatic rings. The van der Waals surface area contributed by atoms with Gasteiger partial charge in [0.05, 0.1) is 0 Å². The third kappa shape index (κ3) is 4.03. The molecule has 4 nitrogen and oxygen atoms in total. The maximum atomic E-state index is 12.5. The minimum atomic E-state index is -3.65. The Labute approximate surface area is 137 Å². The largest absolute Gasteiger partial charge is 0.245 e. The van der Waals surface area contributed by atoms with E-state index in [0.29, 0.717) is 17.4 Å². The van der Waals surface area contributed by atoms with Gasteiger partial charge in [0.1, 0.15) is 10.0 Å². The molecule has 0 atom stereocenters. The highest BCUT2D eigenvalue weighted by molar-refractivity contribution is 9.10. The SMILES string of the molecule is CN(CCc1ccccc1)S(=O)(=O)c1cc(Br)cnc1Cl. The average molecular weight is 390 g/mol. The highest BCUT2D eigenvalue weighted by Gasteiger charge is 2.24. The summed E-state index contributed by atoms with van der Waals surface area (Å²) in [6.07, 6.45) is 2.10. The molecule has 21 heavy (non-hydrogen) atoms. The minimum absolute atomic E-state index is 0.00843. The van der Waals surface area contributed by atoms with Gasteiger partial charge < -0.3 is 0 Å². The molecule has 0 aliphatic heterocycles. The van der Waals surface area contributed by atoms with E-state index in [4.69, 9.17) is 11.6 Å². The summed E-state index contributed by atoms with van der Waals surface area (Å²) in [5, 5.41) is -0.0234. The monoisotopic (exact) mass is 388 g/mol. The molecule has 1 aromatic carbocycles. The van der Waals surface area contributed by atoms with E-state index in [1.165, 1.54) is 23.6 Å². The fourth-order valence-electron chi connectivity index (χ4n) is 1.80. The maximum absolute atomic E-state index is 12.5. The summed E-state index contributed by atoms with van der Waals surface area (Å²) < 4.78 is 26.9. The van der Waals surface area contributed by atoms with E-state index in [1.807, 2.05) is 30.3 Å². The second-order valence-corrected chi connectivity index (χ2v) is 7.79. The first-order valence-electron chi connectivity index (χ1n) is 6.22. The molecule has 0 unspecified atom stereocenters. The number of likely N-dealkylation sites (N-methyl/N-ethyl adjacent to an activating group) is 1. The van der Waals surface area contributed by atoms with Crippen LogP contribution in [0.15, 0.2) is 52.0 Å². The number of nitrogens with zero attached hydrogens (tertiary/aromatic N) is 2. The van der Waals surface area contributed by atoms with Crippen LogP contribution in [0.4, 0.5) is 0 Å². The third-order valence-electron chi connectivity index (χ3n) is 3.02. The quantitative estimate of drug-likeness (QED) is 0.737. The van der Waals surface area contributed by atoms with Crippen LogP contribution in [0.1, 0.15) is 5.56 Å². The fourth-order valence-corrected chi connectivity index (χ4v) is 3.89. The number of aromatic nitrogens is 1. The van der Waals surface area contributed by atoms with E-state index in [-0.39, 0.29) is 10.0 Å². The first-order valence-corrected chi connectivity index (χ1v) is 8.83. The first kappa shape index (κ1) is 16.4. The van der Waals surface area contributed by atoms with Crippen LogP contribution in [0.5, 0.6) is 0 Å². The maximum Gasteiger partial charge on any atom is 0.245 e. The Bertz CT molecular complexity index is 723. The van der Waals surface area contributed by atoms with Crippen LogP contribution < -0.4 is 0 Å². The number of hydrogen-bond donors (Lipinski definition) is 0. The minimum Gasteiger partial charge on any atom is -0.242 e. The van der Waals surface area contributed by atoms with Gasteiger partial charge in [0.2, 0.25) is 10.0 Å². The molecule has 0 saturated carbocycles. The van der Waals surface area contributed by atoms with E-state index in [9.17, 15) is 8.42 Å². The average Bonchev–Trinajstić information content (AvgIpc) is 2.48. The predicted octanol–water partition coefficient (Wildman–Crippen LogP) is 3.36. The van der Waals surface area contributed by atoms with Gasteiger partial charge in [0, 0.05) is 24.3 Å². The van der Waals surface area contributed by atoms with Crippen molar-refractivity contribution in [3.05, 3.63) is 57.8 Å². The van der Waals surface area contributed by atoms with Crippen molar-refractivity contribution in [3.63, 3.8) is 0 Å². The molecule has 0 saturated heterocycles. The number of sulfonamides is 1. The lowest BCUT2D eigenvalue weighted by molar-refractivity contribution is 0.472. The van der Waals surface area contributed by atoms with Crippen molar-refractivity contribution in [1.29, 1.82) is 0 Å². The number of halogens is 2. The molecule has 0 fully saturated rings. The van der Waals surface area contributed by atoms with Crippen LogP contribution in [0.2, 0.25) is 5.15 Å². The number of benzene rings is 1. The Morgan fingerprint density at radius 3 is 2.62 bits per heavy atom. The van der Waals surface area contributed by atoms with Gasteiger partial charge in [-0.15, -0.1) is 0 Å². The highest BCUT2D eigenvalue weighted by atomic mass is 79.9. The molecule has 0 radical (unpaired) electrons. The molecular formula is C14H14BrClN2O2S. The molecule has 0 aliphatic carbocycles. The molecule has 0 spiro atoms. The van der Waals surface area contributed by atoms with Crippen LogP contribution in [0.3, 0.4) is 0 Å². The molecule has 0 amide bonds. The number of pyridine rings is 1. The van der Waals surface area contributed by atoms with Gasteiger partial charge in [0.15, 0.2) is 0 Å². The van der Waals surface area contributed by atoms with Crippen molar-refractivity contribution in [2.75, 3.05) is 13.6 Å². The van der Waals surface area contributed by atoms with E-state index < -0.39 is 10.0 Å². The van der Waals surface area contributed by atoms with E-state index >= 15 is 0 Å². The molecule has 0 aliphatic rings. The predicted molar refractivity (Wildman–Crippen MR) is 86.9 cm³/mol. The van der Waals surface area contributed by atoms with Crippen molar-refractivity contribution in [3.8, 4) is 0 Å². The second-order valence-electron chi connectivity index (χ2n) is 4.50. The normalized spacial score (nSPS) is 11.8. The van der Waals surface area contributed by atoms with Crippen molar-refractivity contribution >= 4 is 37.6 Å². The molecule has 0 bridgehead atoms. The van der Waals surface area contributed by atoms with Crippen LogP contribution in [0, 0.1) is 0 Å². The summed E-state index contributed by atoms with van der Waals surface area (Å²) in [6.45, 7) is 0.370. The van der Waals surface area contributed by atoms with Crippen LogP contribution >= 0.6 is 27.5 Å². The smallest absolute Gasteiger partial charge is 0.242 e. The van der Waals surface area contributed by atoms with Gasteiger partial charge in [-0.3, -0.25) is 0 Å².